The third kappa shape index (κ3) is 7.49. The Kier molecular flexibility index (Phi) is 7.88. The van der Waals surface area contributed by atoms with Crippen LogP contribution < -0.4 is 15.4 Å². The van der Waals surface area contributed by atoms with E-state index in [1.54, 1.807) is 42.5 Å². The molecule has 0 atom stereocenters. The standard InChI is InChI=1S/C22H19F3N4O3S/c1-2-14-8-10-15(11-9-14)26-20(31)28-18(30)13-33-21-27-17(22(23,24)25)12-19(29-21)32-16-6-4-3-5-7-16/h3-12H,2,13H2,1H3,(H2,26,28,30,31). The molecule has 3 aromatic rings. The molecule has 0 saturated carbocycles. The number of para-hydroxylation sites is 1. The number of nitrogens with one attached hydrogen (secondary N) is 2. The van der Waals surface area contributed by atoms with Gasteiger partial charge < -0.3 is 10.1 Å². The lowest BCUT2D eigenvalue weighted by Crippen LogP contribution is -2.35. The Bertz CT molecular complexity index is 1110. The van der Waals surface area contributed by atoms with Crippen molar-refractivity contribution < 1.29 is 27.5 Å². The van der Waals surface area contributed by atoms with Gasteiger partial charge in [0.2, 0.25) is 11.8 Å². The molecule has 0 aliphatic carbocycles. The number of nitrogens with zero attached hydrogens (tertiary/aromatic N) is 2. The minimum absolute atomic E-state index is 0.293. The van der Waals surface area contributed by atoms with Crippen LogP contribution in [0, 0.1) is 0 Å². The molecular formula is C22H19F3N4O3S. The second-order valence-electron chi connectivity index (χ2n) is 6.63. The summed E-state index contributed by atoms with van der Waals surface area (Å²) in [6.45, 7) is 2.00. The summed E-state index contributed by atoms with van der Waals surface area (Å²) in [5, 5.41) is 4.30. The highest BCUT2D eigenvalue weighted by Gasteiger charge is 2.34. The summed E-state index contributed by atoms with van der Waals surface area (Å²) < 4.78 is 45.1. The van der Waals surface area contributed by atoms with Crippen molar-refractivity contribution in [1.29, 1.82) is 0 Å². The Morgan fingerprint density at radius 3 is 2.36 bits per heavy atom. The number of thioether (sulfide) groups is 1. The van der Waals surface area contributed by atoms with Crippen LogP contribution in [0.25, 0.3) is 0 Å². The second-order valence-corrected chi connectivity index (χ2v) is 7.57. The number of benzene rings is 2. The van der Waals surface area contributed by atoms with Crippen LogP contribution in [-0.2, 0) is 17.4 Å². The van der Waals surface area contributed by atoms with Crippen molar-refractivity contribution in [2.24, 2.45) is 0 Å². The molecule has 11 heteroatoms. The van der Waals surface area contributed by atoms with E-state index in [4.69, 9.17) is 4.74 Å². The number of anilines is 1. The van der Waals surface area contributed by atoms with Crippen LogP contribution >= 0.6 is 11.8 Å². The smallest absolute Gasteiger partial charge is 0.433 e. The molecule has 1 aromatic heterocycles. The first kappa shape index (κ1) is 24.1. The van der Waals surface area contributed by atoms with Gasteiger partial charge in [0.25, 0.3) is 0 Å². The van der Waals surface area contributed by atoms with Crippen molar-refractivity contribution in [3.8, 4) is 11.6 Å². The fourth-order valence-corrected chi connectivity index (χ4v) is 3.20. The van der Waals surface area contributed by atoms with Crippen LogP contribution in [0.1, 0.15) is 18.2 Å². The predicted molar refractivity (Wildman–Crippen MR) is 117 cm³/mol. The molecule has 0 unspecified atom stereocenters. The molecule has 0 aliphatic rings. The highest BCUT2D eigenvalue weighted by atomic mass is 32.2. The topological polar surface area (TPSA) is 93.2 Å². The average Bonchev–Trinajstić information content (AvgIpc) is 2.78. The van der Waals surface area contributed by atoms with Crippen LogP contribution in [0.2, 0.25) is 0 Å². The maximum atomic E-state index is 13.2. The third-order valence-corrected chi connectivity index (χ3v) is 4.99. The maximum absolute atomic E-state index is 13.2. The number of amides is 3. The number of rotatable bonds is 7. The van der Waals surface area contributed by atoms with Crippen LogP contribution in [0.3, 0.4) is 0 Å². The van der Waals surface area contributed by atoms with E-state index in [9.17, 15) is 22.8 Å². The van der Waals surface area contributed by atoms with Crippen molar-refractivity contribution in [3.05, 3.63) is 71.9 Å². The quantitative estimate of drug-likeness (QED) is 0.356. The normalized spacial score (nSPS) is 11.0. The maximum Gasteiger partial charge on any atom is 0.433 e. The molecule has 7 nitrogen and oxygen atoms in total. The van der Waals surface area contributed by atoms with Gasteiger partial charge in [-0.2, -0.15) is 18.2 Å². The molecule has 0 spiro atoms. The van der Waals surface area contributed by atoms with Crippen LogP contribution in [0.4, 0.5) is 23.7 Å². The highest BCUT2D eigenvalue weighted by Crippen LogP contribution is 2.32. The first-order valence-corrected chi connectivity index (χ1v) is 10.7. The zero-order valence-corrected chi connectivity index (χ0v) is 18.2. The minimum atomic E-state index is -4.73. The molecule has 0 saturated heterocycles. The number of carbonyl (C=O) groups excluding carboxylic acids is 2. The number of aromatic nitrogens is 2. The molecule has 1 heterocycles. The average molecular weight is 476 g/mol. The van der Waals surface area contributed by atoms with Gasteiger partial charge in [0.15, 0.2) is 10.9 Å². The monoisotopic (exact) mass is 476 g/mol. The van der Waals surface area contributed by atoms with Crippen molar-refractivity contribution in [1.82, 2.24) is 15.3 Å². The summed E-state index contributed by atoms with van der Waals surface area (Å²) >= 11 is 0.642. The number of urea groups is 1. The molecule has 3 rings (SSSR count). The highest BCUT2D eigenvalue weighted by molar-refractivity contribution is 7.99. The Morgan fingerprint density at radius 1 is 1.03 bits per heavy atom. The zero-order chi connectivity index (χ0) is 23.8. The van der Waals surface area contributed by atoms with E-state index in [1.807, 2.05) is 19.1 Å². The molecular weight excluding hydrogens is 457 g/mol. The van der Waals surface area contributed by atoms with E-state index in [-0.39, 0.29) is 16.8 Å². The number of carbonyl (C=O) groups is 2. The number of aryl methyl sites for hydroxylation is 1. The van der Waals surface area contributed by atoms with Crippen molar-refractivity contribution in [2.45, 2.75) is 24.7 Å². The lowest BCUT2D eigenvalue weighted by atomic mass is 10.1. The Hall–Kier alpha value is -3.60. The predicted octanol–water partition coefficient (Wildman–Crippen LogP) is 5.29. The Morgan fingerprint density at radius 2 is 1.73 bits per heavy atom. The number of hydrogen-bond acceptors (Lipinski definition) is 6. The Balaban J connectivity index is 1.62. The van der Waals surface area contributed by atoms with Gasteiger partial charge in [-0.3, -0.25) is 10.1 Å². The first-order valence-electron chi connectivity index (χ1n) is 9.74. The summed E-state index contributed by atoms with van der Waals surface area (Å²) in [5.74, 6) is -1.13. The number of alkyl halides is 3. The van der Waals surface area contributed by atoms with Crippen LogP contribution in [0.5, 0.6) is 11.6 Å². The lowest BCUT2D eigenvalue weighted by molar-refractivity contribution is -0.141. The van der Waals surface area contributed by atoms with Crippen molar-refractivity contribution >= 4 is 29.4 Å². The van der Waals surface area contributed by atoms with Gasteiger partial charge in [-0.15, -0.1) is 0 Å². The van der Waals surface area contributed by atoms with Gasteiger partial charge in [0, 0.05) is 11.8 Å². The summed E-state index contributed by atoms with van der Waals surface area (Å²) in [6, 6.07) is 15.1. The molecule has 2 N–H and O–H groups in total. The molecule has 3 amide bonds. The van der Waals surface area contributed by atoms with Crippen molar-refractivity contribution in [2.75, 3.05) is 11.1 Å². The first-order chi connectivity index (χ1) is 15.7. The van der Waals surface area contributed by atoms with Gasteiger partial charge in [0.1, 0.15) is 5.75 Å². The summed E-state index contributed by atoms with van der Waals surface area (Å²) in [7, 11) is 0. The van der Waals surface area contributed by atoms with E-state index < -0.39 is 23.8 Å². The van der Waals surface area contributed by atoms with E-state index in [1.165, 1.54) is 0 Å². The van der Waals surface area contributed by atoms with Gasteiger partial charge >= 0.3 is 12.2 Å². The van der Waals surface area contributed by atoms with Gasteiger partial charge in [-0.1, -0.05) is 49.0 Å². The van der Waals surface area contributed by atoms with Crippen molar-refractivity contribution in [3.63, 3.8) is 0 Å². The molecule has 172 valence electrons. The lowest BCUT2D eigenvalue weighted by Gasteiger charge is -2.11. The molecule has 0 aliphatic heterocycles. The van der Waals surface area contributed by atoms with Gasteiger partial charge in [-0.25, -0.2) is 9.78 Å². The number of ether oxygens (including phenoxy) is 1. The van der Waals surface area contributed by atoms with Crippen LogP contribution in [-0.4, -0.2) is 27.7 Å². The molecule has 0 radical (unpaired) electrons. The summed E-state index contributed by atoms with van der Waals surface area (Å²) in [6.07, 6.45) is -3.89. The van der Waals surface area contributed by atoms with E-state index >= 15 is 0 Å². The van der Waals surface area contributed by atoms with E-state index in [2.05, 4.69) is 20.6 Å². The second kappa shape index (κ2) is 10.8. The molecule has 0 bridgehead atoms. The molecule has 33 heavy (non-hydrogen) atoms. The molecule has 2 aromatic carbocycles. The largest absolute Gasteiger partial charge is 0.439 e. The zero-order valence-electron chi connectivity index (χ0n) is 17.3. The summed E-state index contributed by atoms with van der Waals surface area (Å²) in [4.78, 5) is 31.4. The summed E-state index contributed by atoms with van der Waals surface area (Å²) in [5.41, 5.74) is 0.374. The van der Waals surface area contributed by atoms with E-state index in [0.717, 1.165) is 12.0 Å². The Labute approximate surface area is 191 Å². The number of halogens is 3. The minimum Gasteiger partial charge on any atom is -0.439 e. The fraction of sp³-hybridized carbons (Fsp3) is 0.182. The van der Waals surface area contributed by atoms with Gasteiger partial charge in [0.05, 0.1) is 5.75 Å². The third-order valence-electron chi connectivity index (χ3n) is 4.14. The number of imide groups is 1. The van der Waals surface area contributed by atoms with Crippen LogP contribution in [0.15, 0.2) is 65.8 Å². The number of hydrogen-bond donors (Lipinski definition) is 2. The SMILES string of the molecule is CCc1ccc(NC(=O)NC(=O)CSc2nc(Oc3ccccc3)cc(C(F)(F)F)n2)cc1. The van der Waals surface area contributed by atoms with Gasteiger partial charge in [-0.05, 0) is 36.2 Å². The van der Waals surface area contributed by atoms with E-state index in [0.29, 0.717) is 29.3 Å². The molecule has 0 fully saturated rings. The fourth-order valence-electron chi connectivity index (χ4n) is 2.55.